The van der Waals surface area contributed by atoms with E-state index in [9.17, 15) is 13.2 Å². The number of hydrogen-bond acceptors (Lipinski definition) is 3. The van der Waals surface area contributed by atoms with Crippen molar-refractivity contribution in [3.05, 3.63) is 59.5 Å². The van der Waals surface area contributed by atoms with Gasteiger partial charge >= 0.3 is 6.18 Å². The first kappa shape index (κ1) is 16.9. The van der Waals surface area contributed by atoms with E-state index in [0.29, 0.717) is 17.8 Å². The summed E-state index contributed by atoms with van der Waals surface area (Å²) in [7, 11) is 0. The van der Waals surface area contributed by atoms with E-state index in [-0.39, 0.29) is 6.04 Å². The Morgan fingerprint density at radius 1 is 1.23 bits per heavy atom. The standard InChI is InChI=1S/C19H19F3N4/c1-11-8-14-13-4-2-3-5-15(13)25-17(14)18(26(11)10-19(20,21)22)16-7-6-12(23)9-24-16/h2-7,9,11,18,25H,8,10,23H2,1H3/t11-,18-/m1/s1. The number of alkyl halides is 3. The van der Waals surface area contributed by atoms with Crippen LogP contribution in [0.3, 0.4) is 0 Å². The molecule has 0 amide bonds. The molecule has 0 aliphatic carbocycles. The van der Waals surface area contributed by atoms with Gasteiger partial charge in [0.25, 0.3) is 0 Å². The predicted molar refractivity (Wildman–Crippen MR) is 94.7 cm³/mol. The number of pyridine rings is 1. The highest BCUT2D eigenvalue weighted by molar-refractivity contribution is 5.85. The minimum Gasteiger partial charge on any atom is -0.397 e. The molecule has 7 heteroatoms. The second-order valence-corrected chi connectivity index (χ2v) is 6.82. The molecule has 1 aromatic carbocycles. The Hall–Kier alpha value is -2.54. The molecule has 1 aliphatic heterocycles. The average molecular weight is 360 g/mol. The van der Waals surface area contributed by atoms with E-state index in [4.69, 9.17) is 5.73 Å². The molecule has 2 aromatic heterocycles. The molecule has 3 aromatic rings. The van der Waals surface area contributed by atoms with Crippen molar-refractivity contribution in [1.82, 2.24) is 14.9 Å². The highest BCUT2D eigenvalue weighted by atomic mass is 19.4. The van der Waals surface area contributed by atoms with E-state index in [1.54, 1.807) is 12.1 Å². The van der Waals surface area contributed by atoms with Crippen molar-refractivity contribution in [2.75, 3.05) is 12.3 Å². The fourth-order valence-corrected chi connectivity index (χ4v) is 3.86. The Bertz CT molecular complexity index is 930. The maximum atomic E-state index is 13.3. The number of hydrogen-bond donors (Lipinski definition) is 2. The number of nitrogens with one attached hydrogen (secondary N) is 1. The number of nitrogens with two attached hydrogens (primary N) is 1. The summed E-state index contributed by atoms with van der Waals surface area (Å²) in [6.45, 7) is 0.848. The number of anilines is 1. The Labute approximate surface area is 148 Å². The summed E-state index contributed by atoms with van der Waals surface area (Å²) in [5.74, 6) is 0. The van der Waals surface area contributed by atoms with Crippen LogP contribution in [-0.4, -0.2) is 33.6 Å². The lowest BCUT2D eigenvalue weighted by Crippen LogP contribution is -2.47. The minimum absolute atomic E-state index is 0.271. The van der Waals surface area contributed by atoms with Crippen LogP contribution in [-0.2, 0) is 6.42 Å². The Morgan fingerprint density at radius 3 is 2.69 bits per heavy atom. The number of halogens is 3. The minimum atomic E-state index is -4.29. The van der Waals surface area contributed by atoms with Gasteiger partial charge in [-0.05, 0) is 37.1 Å². The van der Waals surface area contributed by atoms with Gasteiger partial charge in [0, 0.05) is 22.6 Å². The molecule has 26 heavy (non-hydrogen) atoms. The van der Waals surface area contributed by atoms with E-state index in [1.165, 1.54) is 11.1 Å². The molecule has 4 nitrogen and oxygen atoms in total. The van der Waals surface area contributed by atoms with E-state index >= 15 is 0 Å². The molecule has 0 spiro atoms. The van der Waals surface area contributed by atoms with E-state index in [1.807, 2.05) is 31.2 Å². The molecule has 3 N–H and O–H groups in total. The molecule has 0 bridgehead atoms. The quantitative estimate of drug-likeness (QED) is 0.725. The van der Waals surface area contributed by atoms with Crippen LogP contribution >= 0.6 is 0 Å². The van der Waals surface area contributed by atoms with Gasteiger partial charge < -0.3 is 10.7 Å². The molecule has 1 aliphatic rings. The zero-order valence-electron chi connectivity index (χ0n) is 14.2. The average Bonchev–Trinajstić information content (AvgIpc) is 2.94. The molecule has 0 saturated heterocycles. The van der Waals surface area contributed by atoms with Crippen LogP contribution in [0.4, 0.5) is 18.9 Å². The van der Waals surface area contributed by atoms with Crippen molar-refractivity contribution < 1.29 is 13.2 Å². The number of aromatic nitrogens is 2. The number of benzene rings is 1. The van der Waals surface area contributed by atoms with Gasteiger partial charge in [0.15, 0.2) is 0 Å². The first-order chi connectivity index (χ1) is 12.3. The molecular formula is C19H19F3N4. The third kappa shape index (κ3) is 2.92. The molecule has 0 fully saturated rings. The van der Waals surface area contributed by atoms with Crippen molar-refractivity contribution in [1.29, 1.82) is 0 Å². The monoisotopic (exact) mass is 360 g/mol. The fraction of sp³-hybridized carbons (Fsp3) is 0.316. The zero-order chi connectivity index (χ0) is 18.5. The lowest BCUT2D eigenvalue weighted by Gasteiger charge is -2.40. The third-order valence-electron chi connectivity index (χ3n) is 4.97. The SMILES string of the molecule is C[C@@H]1Cc2c([nH]c3ccccc23)[C@@H](c2ccc(N)cn2)N1CC(F)(F)F. The number of aromatic amines is 1. The molecule has 136 valence electrons. The zero-order valence-corrected chi connectivity index (χ0v) is 14.2. The van der Waals surface area contributed by atoms with Gasteiger partial charge in [-0.15, -0.1) is 0 Å². The van der Waals surface area contributed by atoms with Gasteiger partial charge in [0.2, 0.25) is 0 Å². The van der Waals surface area contributed by atoms with Crippen LogP contribution in [0.1, 0.15) is 29.9 Å². The molecule has 2 atom stereocenters. The van der Waals surface area contributed by atoms with Gasteiger partial charge in [-0.1, -0.05) is 18.2 Å². The summed E-state index contributed by atoms with van der Waals surface area (Å²) >= 11 is 0. The topological polar surface area (TPSA) is 57.9 Å². The summed E-state index contributed by atoms with van der Waals surface area (Å²) in [4.78, 5) is 9.14. The smallest absolute Gasteiger partial charge is 0.397 e. The van der Waals surface area contributed by atoms with Crippen molar-refractivity contribution in [3.8, 4) is 0 Å². The summed E-state index contributed by atoms with van der Waals surface area (Å²) in [6.07, 6.45) is -2.24. The highest BCUT2D eigenvalue weighted by Crippen LogP contribution is 2.41. The Kier molecular flexibility index (Phi) is 3.91. The van der Waals surface area contributed by atoms with Gasteiger partial charge in [-0.3, -0.25) is 9.88 Å². The maximum absolute atomic E-state index is 13.3. The summed E-state index contributed by atoms with van der Waals surface area (Å²) in [5, 5.41) is 1.06. The van der Waals surface area contributed by atoms with E-state index in [2.05, 4.69) is 9.97 Å². The second kappa shape index (κ2) is 6.02. The number of rotatable bonds is 2. The van der Waals surface area contributed by atoms with Crippen molar-refractivity contribution in [2.24, 2.45) is 0 Å². The molecule has 3 heterocycles. The molecule has 4 rings (SSSR count). The first-order valence-electron chi connectivity index (χ1n) is 8.47. The summed E-state index contributed by atoms with van der Waals surface area (Å²) < 4.78 is 39.8. The van der Waals surface area contributed by atoms with Gasteiger partial charge in [-0.2, -0.15) is 13.2 Å². The van der Waals surface area contributed by atoms with Crippen LogP contribution in [0.5, 0.6) is 0 Å². The van der Waals surface area contributed by atoms with Gasteiger partial charge in [-0.25, -0.2) is 0 Å². The van der Waals surface area contributed by atoms with Crippen molar-refractivity contribution >= 4 is 16.6 Å². The highest BCUT2D eigenvalue weighted by Gasteiger charge is 2.42. The second-order valence-electron chi connectivity index (χ2n) is 6.82. The van der Waals surface area contributed by atoms with Crippen molar-refractivity contribution in [2.45, 2.75) is 31.6 Å². The number of nitrogen functional groups attached to an aromatic ring is 1. The molecule has 0 radical (unpaired) electrons. The number of nitrogens with zero attached hydrogens (tertiary/aromatic N) is 2. The summed E-state index contributed by atoms with van der Waals surface area (Å²) in [6, 6.07) is 10.3. The lowest BCUT2D eigenvalue weighted by atomic mass is 9.90. The third-order valence-corrected chi connectivity index (χ3v) is 4.97. The number of H-pyrrole nitrogens is 1. The first-order valence-corrected chi connectivity index (χ1v) is 8.47. The molecule has 0 unspecified atom stereocenters. The van der Waals surface area contributed by atoms with Crippen molar-refractivity contribution in [3.63, 3.8) is 0 Å². The normalized spacial score (nSPS) is 21.1. The predicted octanol–water partition coefficient (Wildman–Crippen LogP) is 4.04. The van der Waals surface area contributed by atoms with Gasteiger partial charge in [0.05, 0.1) is 30.2 Å². The molecular weight excluding hydrogens is 341 g/mol. The lowest BCUT2D eigenvalue weighted by molar-refractivity contribution is -0.155. The fourth-order valence-electron chi connectivity index (χ4n) is 3.86. The van der Waals surface area contributed by atoms with Crippen LogP contribution in [0.25, 0.3) is 10.9 Å². The van der Waals surface area contributed by atoms with Gasteiger partial charge in [0.1, 0.15) is 0 Å². The largest absolute Gasteiger partial charge is 0.401 e. The van der Waals surface area contributed by atoms with Crippen LogP contribution in [0, 0.1) is 0 Å². The van der Waals surface area contributed by atoms with Crippen LogP contribution in [0.15, 0.2) is 42.6 Å². The van der Waals surface area contributed by atoms with E-state index < -0.39 is 18.8 Å². The Balaban J connectivity index is 1.90. The molecule has 0 saturated carbocycles. The Morgan fingerprint density at radius 2 is 2.00 bits per heavy atom. The summed E-state index contributed by atoms with van der Waals surface area (Å²) in [5.41, 5.74) is 9.53. The van der Waals surface area contributed by atoms with E-state index in [0.717, 1.165) is 22.2 Å². The van der Waals surface area contributed by atoms with Crippen LogP contribution < -0.4 is 5.73 Å². The van der Waals surface area contributed by atoms with Crippen LogP contribution in [0.2, 0.25) is 0 Å². The number of para-hydroxylation sites is 1. The maximum Gasteiger partial charge on any atom is 0.401 e. The number of fused-ring (bicyclic) bond motifs is 3.